The highest BCUT2D eigenvalue weighted by molar-refractivity contribution is 5.09. The molecule has 1 aliphatic rings. The van der Waals surface area contributed by atoms with Gasteiger partial charge in [0, 0.05) is 6.42 Å². The van der Waals surface area contributed by atoms with Crippen LogP contribution in [0.5, 0.6) is 0 Å². The molecule has 0 aromatic heterocycles. The first-order valence-electron chi connectivity index (χ1n) is 5.13. The SMILES string of the molecule is CCC#CC(O)C1OC(C)(C)OC1CO. The number of hydrogen-bond donors (Lipinski definition) is 2. The third-order valence-corrected chi connectivity index (χ3v) is 2.14. The van der Waals surface area contributed by atoms with Crippen molar-refractivity contribution in [2.45, 2.75) is 51.3 Å². The van der Waals surface area contributed by atoms with Crippen LogP contribution >= 0.6 is 0 Å². The zero-order valence-electron chi connectivity index (χ0n) is 9.36. The summed E-state index contributed by atoms with van der Waals surface area (Å²) >= 11 is 0. The van der Waals surface area contributed by atoms with Crippen LogP contribution < -0.4 is 0 Å². The lowest BCUT2D eigenvalue weighted by Gasteiger charge is -2.17. The van der Waals surface area contributed by atoms with Crippen molar-refractivity contribution < 1.29 is 19.7 Å². The number of hydrogen-bond acceptors (Lipinski definition) is 4. The van der Waals surface area contributed by atoms with Gasteiger partial charge in [-0.05, 0) is 13.8 Å². The van der Waals surface area contributed by atoms with Gasteiger partial charge in [0.25, 0.3) is 0 Å². The predicted molar refractivity (Wildman–Crippen MR) is 55.0 cm³/mol. The molecular weight excluding hydrogens is 196 g/mol. The number of aliphatic hydroxyl groups excluding tert-OH is 2. The molecule has 0 saturated carbocycles. The van der Waals surface area contributed by atoms with E-state index in [1.54, 1.807) is 13.8 Å². The van der Waals surface area contributed by atoms with Crippen LogP contribution in [0.25, 0.3) is 0 Å². The second-order valence-electron chi connectivity index (χ2n) is 3.94. The summed E-state index contributed by atoms with van der Waals surface area (Å²) in [6, 6.07) is 0. The zero-order valence-corrected chi connectivity index (χ0v) is 9.36. The third kappa shape index (κ3) is 3.18. The Labute approximate surface area is 90.2 Å². The normalized spacial score (nSPS) is 30.7. The number of aliphatic hydroxyl groups is 2. The molecule has 0 aromatic rings. The van der Waals surface area contributed by atoms with Gasteiger partial charge in [0.15, 0.2) is 5.79 Å². The molecule has 3 unspecified atom stereocenters. The molecule has 1 heterocycles. The first-order valence-corrected chi connectivity index (χ1v) is 5.13. The van der Waals surface area contributed by atoms with E-state index in [1.165, 1.54) is 0 Å². The molecule has 4 nitrogen and oxygen atoms in total. The van der Waals surface area contributed by atoms with Crippen molar-refractivity contribution in [2.24, 2.45) is 0 Å². The van der Waals surface area contributed by atoms with Crippen molar-refractivity contribution in [1.82, 2.24) is 0 Å². The molecule has 1 aliphatic heterocycles. The number of ether oxygens (including phenoxy) is 2. The summed E-state index contributed by atoms with van der Waals surface area (Å²) in [5.41, 5.74) is 0. The molecule has 3 atom stereocenters. The Balaban J connectivity index is 2.68. The van der Waals surface area contributed by atoms with Gasteiger partial charge in [-0.15, -0.1) is 5.92 Å². The fourth-order valence-electron chi connectivity index (χ4n) is 1.56. The predicted octanol–water partition coefficient (Wildman–Crippen LogP) is 0.273. The molecule has 0 radical (unpaired) electrons. The second kappa shape index (κ2) is 4.95. The summed E-state index contributed by atoms with van der Waals surface area (Å²) in [5, 5.41) is 18.8. The molecule has 0 bridgehead atoms. The van der Waals surface area contributed by atoms with Crippen LogP contribution in [0.3, 0.4) is 0 Å². The molecule has 86 valence electrons. The van der Waals surface area contributed by atoms with Crippen molar-refractivity contribution >= 4 is 0 Å². The summed E-state index contributed by atoms with van der Waals surface area (Å²) in [4.78, 5) is 0. The van der Waals surface area contributed by atoms with E-state index in [0.717, 1.165) is 0 Å². The van der Waals surface area contributed by atoms with Crippen LogP contribution in [-0.4, -0.2) is 40.9 Å². The molecule has 15 heavy (non-hydrogen) atoms. The van der Waals surface area contributed by atoms with Crippen molar-refractivity contribution in [1.29, 1.82) is 0 Å². The summed E-state index contributed by atoms with van der Waals surface area (Å²) in [6.07, 6.45) is -1.33. The largest absolute Gasteiger partial charge is 0.394 e. The van der Waals surface area contributed by atoms with E-state index in [0.29, 0.717) is 6.42 Å². The highest BCUT2D eigenvalue weighted by atomic mass is 16.8. The quantitative estimate of drug-likeness (QED) is 0.648. The molecule has 0 spiro atoms. The lowest BCUT2D eigenvalue weighted by Crippen LogP contribution is -2.36. The molecule has 0 aromatic carbocycles. The first kappa shape index (κ1) is 12.5. The van der Waals surface area contributed by atoms with Gasteiger partial charge >= 0.3 is 0 Å². The summed E-state index contributed by atoms with van der Waals surface area (Å²) in [5.74, 6) is 4.67. The lowest BCUT2D eigenvalue weighted by molar-refractivity contribution is -0.154. The van der Waals surface area contributed by atoms with Crippen LogP contribution in [0, 0.1) is 11.8 Å². The fraction of sp³-hybridized carbons (Fsp3) is 0.818. The van der Waals surface area contributed by atoms with E-state index in [2.05, 4.69) is 11.8 Å². The first-order chi connectivity index (χ1) is 7.00. The van der Waals surface area contributed by atoms with E-state index >= 15 is 0 Å². The summed E-state index contributed by atoms with van der Waals surface area (Å²) in [6.45, 7) is 5.21. The van der Waals surface area contributed by atoms with E-state index in [-0.39, 0.29) is 6.61 Å². The highest BCUT2D eigenvalue weighted by Gasteiger charge is 2.44. The van der Waals surface area contributed by atoms with E-state index in [4.69, 9.17) is 14.6 Å². The van der Waals surface area contributed by atoms with Crippen LogP contribution in [-0.2, 0) is 9.47 Å². The van der Waals surface area contributed by atoms with E-state index < -0.39 is 24.1 Å². The minimum atomic E-state index is -0.913. The highest BCUT2D eigenvalue weighted by Crippen LogP contribution is 2.29. The standard InChI is InChI=1S/C11H18O4/c1-4-5-6-8(13)10-9(7-12)14-11(2,3)15-10/h8-10,12-13H,4,7H2,1-3H3. The smallest absolute Gasteiger partial charge is 0.164 e. The Kier molecular flexibility index (Phi) is 4.12. The van der Waals surface area contributed by atoms with Gasteiger partial charge in [-0.3, -0.25) is 0 Å². The molecule has 0 amide bonds. The Morgan fingerprint density at radius 1 is 1.40 bits per heavy atom. The Morgan fingerprint density at radius 3 is 2.60 bits per heavy atom. The van der Waals surface area contributed by atoms with Crippen molar-refractivity contribution in [3.63, 3.8) is 0 Å². The van der Waals surface area contributed by atoms with Crippen LogP contribution in [0.2, 0.25) is 0 Å². The number of rotatable bonds is 2. The van der Waals surface area contributed by atoms with Crippen molar-refractivity contribution in [2.75, 3.05) is 6.61 Å². The molecule has 4 heteroatoms. The Morgan fingerprint density at radius 2 is 2.07 bits per heavy atom. The monoisotopic (exact) mass is 214 g/mol. The Bertz CT molecular complexity index is 263. The molecule has 1 fully saturated rings. The molecule has 2 N–H and O–H groups in total. The van der Waals surface area contributed by atoms with Gasteiger partial charge in [0.2, 0.25) is 0 Å². The van der Waals surface area contributed by atoms with Crippen molar-refractivity contribution in [3.05, 3.63) is 0 Å². The van der Waals surface area contributed by atoms with Gasteiger partial charge < -0.3 is 19.7 Å². The van der Waals surface area contributed by atoms with Gasteiger partial charge in [0.1, 0.15) is 18.3 Å². The van der Waals surface area contributed by atoms with Gasteiger partial charge in [-0.1, -0.05) is 12.8 Å². The third-order valence-electron chi connectivity index (χ3n) is 2.14. The van der Waals surface area contributed by atoms with Crippen LogP contribution in [0.1, 0.15) is 27.2 Å². The summed E-state index contributed by atoms with van der Waals surface area (Å²) < 4.78 is 10.9. The average molecular weight is 214 g/mol. The average Bonchev–Trinajstić information content (AvgIpc) is 2.50. The minimum absolute atomic E-state index is 0.182. The fourth-order valence-corrected chi connectivity index (χ4v) is 1.56. The van der Waals surface area contributed by atoms with Crippen LogP contribution in [0.4, 0.5) is 0 Å². The van der Waals surface area contributed by atoms with Gasteiger partial charge in [0.05, 0.1) is 6.61 Å². The maximum atomic E-state index is 9.72. The lowest BCUT2D eigenvalue weighted by atomic mass is 10.1. The van der Waals surface area contributed by atoms with Crippen molar-refractivity contribution in [3.8, 4) is 11.8 Å². The van der Waals surface area contributed by atoms with Crippen LogP contribution in [0.15, 0.2) is 0 Å². The van der Waals surface area contributed by atoms with E-state index in [9.17, 15) is 5.11 Å². The molecular formula is C11H18O4. The topological polar surface area (TPSA) is 58.9 Å². The molecule has 1 rings (SSSR count). The minimum Gasteiger partial charge on any atom is -0.394 e. The van der Waals surface area contributed by atoms with E-state index in [1.807, 2.05) is 6.92 Å². The summed E-state index contributed by atoms with van der Waals surface area (Å²) in [7, 11) is 0. The zero-order chi connectivity index (χ0) is 11.5. The second-order valence-corrected chi connectivity index (χ2v) is 3.94. The maximum Gasteiger partial charge on any atom is 0.164 e. The molecule has 0 aliphatic carbocycles. The molecule has 1 saturated heterocycles. The van der Waals surface area contributed by atoms with Gasteiger partial charge in [-0.25, -0.2) is 0 Å². The Hall–Kier alpha value is -0.600. The van der Waals surface area contributed by atoms with Gasteiger partial charge in [-0.2, -0.15) is 0 Å². The maximum absolute atomic E-state index is 9.72.